The van der Waals surface area contributed by atoms with Crippen molar-refractivity contribution >= 4 is 23.0 Å². The molecule has 0 spiro atoms. The first-order valence-corrected chi connectivity index (χ1v) is 5.62. The van der Waals surface area contributed by atoms with Crippen molar-refractivity contribution in [3.63, 3.8) is 0 Å². The summed E-state index contributed by atoms with van der Waals surface area (Å²) in [6, 6.07) is 0. The molecule has 1 aromatic rings. The van der Waals surface area contributed by atoms with E-state index in [9.17, 15) is 4.79 Å². The summed E-state index contributed by atoms with van der Waals surface area (Å²) in [6.45, 7) is 1.85. The molecular weight excluding hydrogens is 212 g/mol. The molecular formula is C10H14N2O2S. The second kappa shape index (κ2) is 3.83. The monoisotopic (exact) mass is 226 g/mol. The molecule has 0 bridgehead atoms. The Morgan fingerprint density at radius 3 is 3.00 bits per heavy atom. The predicted octanol–water partition coefficient (Wildman–Crippen LogP) is 1.10. The van der Waals surface area contributed by atoms with Crippen LogP contribution in [0, 0.1) is 0 Å². The molecule has 0 amide bonds. The van der Waals surface area contributed by atoms with Crippen LogP contribution in [-0.2, 0) is 17.7 Å². The third-order valence-corrected chi connectivity index (χ3v) is 3.94. The minimum Gasteiger partial charge on any atom is -0.465 e. The molecule has 0 aromatic carbocycles. The van der Waals surface area contributed by atoms with Crippen LogP contribution in [0.1, 0.15) is 20.1 Å². The number of hydrogen-bond donors (Lipinski definition) is 1. The van der Waals surface area contributed by atoms with Crippen LogP contribution in [0.2, 0.25) is 0 Å². The zero-order valence-electron chi connectivity index (χ0n) is 8.87. The fourth-order valence-electron chi connectivity index (χ4n) is 1.79. The number of likely N-dealkylation sites (N-methyl/N-ethyl adjacent to an activating group) is 1. The maximum atomic E-state index is 11.4. The smallest absolute Gasteiger partial charge is 0.350 e. The number of hydrogen-bond acceptors (Lipinski definition) is 5. The van der Waals surface area contributed by atoms with Gasteiger partial charge in [-0.05, 0) is 13.5 Å². The van der Waals surface area contributed by atoms with Crippen molar-refractivity contribution in [3.05, 3.63) is 15.3 Å². The van der Waals surface area contributed by atoms with Crippen LogP contribution in [-0.4, -0.2) is 31.6 Å². The van der Waals surface area contributed by atoms with Gasteiger partial charge < -0.3 is 15.4 Å². The van der Waals surface area contributed by atoms with Crippen LogP contribution in [0.3, 0.4) is 0 Å². The van der Waals surface area contributed by atoms with Crippen LogP contribution in [0.25, 0.3) is 0 Å². The number of nitrogens with two attached hydrogens (primary N) is 1. The normalized spacial score (nSPS) is 16.1. The quantitative estimate of drug-likeness (QED) is 0.729. The number of methoxy groups -OCH3 is 1. The molecule has 1 aliphatic rings. The van der Waals surface area contributed by atoms with Crippen LogP contribution >= 0.6 is 11.3 Å². The van der Waals surface area contributed by atoms with Gasteiger partial charge in [-0.3, -0.25) is 0 Å². The SMILES string of the molecule is COC(=O)c1sc2c(c1N)CN(C)CC2. The Morgan fingerprint density at radius 1 is 1.60 bits per heavy atom. The number of carbonyl (C=O) groups is 1. The first kappa shape index (κ1) is 10.4. The summed E-state index contributed by atoms with van der Waals surface area (Å²) in [5.41, 5.74) is 7.66. The zero-order chi connectivity index (χ0) is 11.0. The van der Waals surface area contributed by atoms with Gasteiger partial charge in [0.2, 0.25) is 0 Å². The van der Waals surface area contributed by atoms with Crippen molar-refractivity contribution in [1.82, 2.24) is 4.90 Å². The third-order valence-electron chi connectivity index (χ3n) is 2.65. The molecule has 82 valence electrons. The molecule has 2 N–H and O–H groups in total. The van der Waals surface area contributed by atoms with Gasteiger partial charge in [0.15, 0.2) is 0 Å². The summed E-state index contributed by atoms with van der Waals surface area (Å²) < 4.78 is 4.70. The number of ether oxygens (including phenoxy) is 1. The number of anilines is 1. The Hall–Kier alpha value is -1.07. The maximum Gasteiger partial charge on any atom is 0.350 e. The molecule has 2 heterocycles. The van der Waals surface area contributed by atoms with Crippen LogP contribution in [0.5, 0.6) is 0 Å². The highest BCUT2D eigenvalue weighted by Gasteiger charge is 2.24. The Labute approximate surface area is 92.6 Å². The lowest BCUT2D eigenvalue weighted by Gasteiger charge is -2.22. The van der Waals surface area contributed by atoms with Crippen LogP contribution in [0.4, 0.5) is 5.69 Å². The van der Waals surface area contributed by atoms with Gasteiger partial charge in [-0.2, -0.15) is 0 Å². The number of nitrogen functional groups attached to an aromatic ring is 1. The van der Waals surface area contributed by atoms with Gasteiger partial charge >= 0.3 is 5.97 Å². The lowest BCUT2D eigenvalue weighted by molar-refractivity contribution is 0.0607. The molecule has 0 unspecified atom stereocenters. The summed E-state index contributed by atoms with van der Waals surface area (Å²) in [5, 5.41) is 0. The zero-order valence-corrected chi connectivity index (χ0v) is 9.69. The average molecular weight is 226 g/mol. The second-order valence-electron chi connectivity index (χ2n) is 3.73. The molecule has 15 heavy (non-hydrogen) atoms. The number of fused-ring (bicyclic) bond motifs is 1. The van der Waals surface area contributed by atoms with Gasteiger partial charge in [-0.1, -0.05) is 0 Å². The van der Waals surface area contributed by atoms with Crippen molar-refractivity contribution in [2.75, 3.05) is 26.4 Å². The second-order valence-corrected chi connectivity index (χ2v) is 4.83. The Kier molecular flexibility index (Phi) is 2.67. The number of rotatable bonds is 1. The number of nitrogens with zero attached hydrogens (tertiary/aromatic N) is 1. The van der Waals surface area contributed by atoms with Gasteiger partial charge in [0, 0.05) is 23.5 Å². The highest BCUT2D eigenvalue weighted by Crippen LogP contribution is 2.35. The van der Waals surface area contributed by atoms with Gasteiger partial charge in [0.25, 0.3) is 0 Å². The van der Waals surface area contributed by atoms with Crippen LogP contribution in [0.15, 0.2) is 0 Å². The molecule has 0 aliphatic carbocycles. The number of thiophene rings is 1. The molecule has 1 aliphatic heterocycles. The minimum atomic E-state index is -0.324. The molecule has 0 saturated carbocycles. The Balaban J connectivity index is 2.41. The lowest BCUT2D eigenvalue weighted by Crippen LogP contribution is -2.25. The van der Waals surface area contributed by atoms with E-state index in [1.807, 2.05) is 0 Å². The van der Waals surface area contributed by atoms with Gasteiger partial charge in [-0.25, -0.2) is 4.79 Å². The summed E-state index contributed by atoms with van der Waals surface area (Å²) in [6.07, 6.45) is 0.970. The van der Waals surface area contributed by atoms with Crippen molar-refractivity contribution in [3.8, 4) is 0 Å². The van der Waals surface area contributed by atoms with Crippen LogP contribution < -0.4 is 5.73 Å². The summed E-state index contributed by atoms with van der Waals surface area (Å²) in [4.78, 5) is 15.4. The van der Waals surface area contributed by atoms with E-state index >= 15 is 0 Å². The van der Waals surface area contributed by atoms with E-state index in [1.165, 1.54) is 23.3 Å². The Bertz CT molecular complexity index is 400. The van der Waals surface area contributed by atoms with E-state index in [1.54, 1.807) is 0 Å². The van der Waals surface area contributed by atoms with E-state index in [-0.39, 0.29) is 5.97 Å². The van der Waals surface area contributed by atoms with Gasteiger partial charge in [0.1, 0.15) is 4.88 Å². The summed E-state index contributed by atoms with van der Waals surface area (Å²) >= 11 is 1.47. The molecule has 2 rings (SSSR count). The maximum absolute atomic E-state index is 11.4. The fraction of sp³-hybridized carbons (Fsp3) is 0.500. The van der Waals surface area contributed by atoms with Crippen molar-refractivity contribution in [2.24, 2.45) is 0 Å². The standard InChI is InChI=1S/C10H14N2O2S/c1-12-4-3-7-6(5-12)8(11)9(15-7)10(13)14-2/h3-5,11H2,1-2H3. The molecule has 5 heteroatoms. The minimum absolute atomic E-state index is 0.324. The topological polar surface area (TPSA) is 55.6 Å². The van der Waals surface area contributed by atoms with E-state index in [4.69, 9.17) is 10.5 Å². The largest absolute Gasteiger partial charge is 0.465 e. The van der Waals surface area contributed by atoms with Crippen molar-refractivity contribution in [1.29, 1.82) is 0 Å². The van der Waals surface area contributed by atoms with Gasteiger partial charge in [0.05, 0.1) is 12.8 Å². The summed E-state index contributed by atoms with van der Waals surface area (Å²) in [5.74, 6) is -0.324. The number of carbonyl (C=O) groups excluding carboxylic acids is 1. The summed E-state index contributed by atoms with van der Waals surface area (Å²) in [7, 11) is 3.43. The van der Waals surface area contributed by atoms with E-state index < -0.39 is 0 Å². The highest BCUT2D eigenvalue weighted by molar-refractivity contribution is 7.14. The van der Waals surface area contributed by atoms with Gasteiger partial charge in [-0.15, -0.1) is 11.3 Å². The third kappa shape index (κ3) is 1.72. The first-order valence-electron chi connectivity index (χ1n) is 4.80. The van der Waals surface area contributed by atoms with Crippen molar-refractivity contribution in [2.45, 2.75) is 13.0 Å². The Morgan fingerprint density at radius 2 is 2.33 bits per heavy atom. The van der Waals surface area contributed by atoms with Crippen molar-refractivity contribution < 1.29 is 9.53 Å². The first-order chi connectivity index (χ1) is 7.13. The molecule has 0 saturated heterocycles. The van der Waals surface area contributed by atoms with E-state index in [0.717, 1.165) is 25.1 Å². The average Bonchev–Trinajstić information content (AvgIpc) is 2.55. The molecule has 0 fully saturated rings. The highest BCUT2D eigenvalue weighted by atomic mass is 32.1. The number of esters is 1. The fourth-order valence-corrected chi connectivity index (χ4v) is 2.93. The molecule has 0 atom stereocenters. The predicted molar refractivity (Wildman–Crippen MR) is 60.1 cm³/mol. The lowest BCUT2D eigenvalue weighted by atomic mass is 10.1. The molecule has 0 radical (unpaired) electrons. The molecule has 4 nitrogen and oxygen atoms in total. The van der Waals surface area contributed by atoms with E-state index in [2.05, 4.69) is 11.9 Å². The van der Waals surface area contributed by atoms with E-state index in [0.29, 0.717) is 10.6 Å². The molecule has 1 aromatic heterocycles.